The Morgan fingerprint density at radius 1 is 0.417 bits per heavy atom. The van der Waals surface area contributed by atoms with Crippen molar-refractivity contribution in [2.75, 3.05) is 40.9 Å². The molecule has 10 heteroatoms. The number of hydrogen-bond acceptors (Lipinski definition) is 6. The van der Waals surface area contributed by atoms with Crippen molar-refractivity contribution in [3.63, 3.8) is 0 Å². The van der Waals surface area contributed by atoms with Crippen molar-refractivity contribution in [3.05, 3.63) is 109 Å². The van der Waals surface area contributed by atoms with Gasteiger partial charge in [0, 0.05) is 12.8 Å². The van der Waals surface area contributed by atoms with Crippen LogP contribution >= 0.6 is 7.82 Å². The number of allylic oxidation sites excluding steroid dienone is 17. The maximum absolute atomic E-state index is 13.6. The molecular formula is C74H132N2O7P+. The van der Waals surface area contributed by atoms with Crippen molar-refractivity contribution in [2.24, 2.45) is 0 Å². The number of carbonyl (C=O) groups excluding carboxylic acids is 2. The zero-order chi connectivity index (χ0) is 61.4. The molecule has 0 aromatic carbocycles. The van der Waals surface area contributed by atoms with Crippen LogP contribution in [0.25, 0.3) is 0 Å². The lowest BCUT2D eigenvalue weighted by molar-refractivity contribution is -0.870. The van der Waals surface area contributed by atoms with Gasteiger partial charge in [-0.2, -0.15) is 0 Å². The number of unbranched alkanes of at least 4 members (excludes halogenated alkanes) is 30. The van der Waals surface area contributed by atoms with Gasteiger partial charge in [0.25, 0.3) is 0 Å². The number of likely N-dealkylation sites (N-methyl/N-ethyl adjacent to an activating group) is 1. The van der Waals surface area contributed by atoms with E-state index in [1.807, 2.05) is 33.3 Å². The quantitative estimate of drug-likeness (QED) is 0.0205. The summed E-state index contributed by atoms with van der Waals surface area (Å²) in [4.78, 5) is 37.8. The second-order valence-electron chi connectivity index (χ2n) is 24.3. The van der Waals surface area contributed by atoms with Crippen LogP contribution in [0, 0.1) is 0 Å². The van der Waals surface area contributed by atoms with E-state index in [4.69, 9.17) is 13.8 Å². The predicted octanol–water partition coefficient (Wildman–Crippen LogP) is 22.1. The molecule has 0 fully saturated rings. The molecule has 484 valence electrons. The molecule has 3 unspecified atom stereocenters. The minimum Gasteiger partial charge on any atom is -0.456 e. The summed E-state index contributed by atoms with van der Waals surface area (Å²) < 4.78 is 30.8. The topological polar surface area (TPSA) is 111 Å². The van der Waals surface area contributed by atoms with Gasteiger partial charge in [-0.15, -0.1) is 0 Å². The minimum atomic E-state index is -4.47. The second kappa shape index (κ2) is 62.7. The Bertz CT molecular complexity index is 1810. The summed E-state index contributed by atoms with van der Waals surface area (Å²) in [7, 11) is 1.47. The largest absolute Gasteiger partial charge is 0.472 e. The number of quaternary nitrogens is 1. The van der Waals surface area contributed by atoms with Gasteiger partial charge in [0.2, 0.25) is 5.91 Å². The Balaban J connectivity index is 5.14. The molecule has 3 atom stereocenters. The molecule has 0 heterocycles. The third kappa shape index (κ3) is 63.2. The first-order valence-corrected chi connectivity index (χ1v) is 36.2. The number of ether oxygens (including phenoxy) is 1. The van der Waals surface area contributed by atoms with Crippen LogP contribution in [0.5, 0.6) is 0 Å². The highest BCUT2D eigenvalue weighted by atomic mass is 31.2. The van der Waals surface area contributed by atoms with Gasteiger partial charge in [0.1, 0.15) is 19.3 Å². The van der Waals surface area contributed by atoms with Gasteiger partial charge in [-0.3, -0.25) is 18.6 Å². The first-order chi connectivity index (χ1) is 40.9. The van der Waals surface area contributed by atoms with Crippen molar-refractivity contribution in [1.82, 2.24) is 5.32 Å². The van der Waals surface area contributed by atoms with Crippen LogP contribution in [0.2, 0.25) is 0 Å². The van der Waals surface area contributed by atoms with Crippen LogP contribution in [0.4, 0.5) is 0 Å². The van der Waals surface area contributed by atoms with Gasteiger partial charge >= 0.3 is 13.8 Å². The molecule has 0 saturated heterocycles. The van der Waals surface area contributed by atoms with E-state index < -0.39 is 20.0 Å². The number of nitrogens with one attached hydrogen (secondary N) is 1. The summed E-state index contributed by atoms with van der Waals surface area (Å²) in [6.45, 7) is 6.94. The highest BCUT2D eigenvalue weighted by Gasteiger charge is 2.30. The standard InChI is InChI=1S/C74H131N2O7P/c1-7-10-13-16-19-22-25-28-30-32-34-35-36-37-38-39-40-41-43-44-46-48-51-54-57-60-63-66-73(77)75-71(70-82-84(79,80)81-69-68-76(4,5)6)72(65-62-59-56-53-50-27-24-21-18-15-12-9-3)83-74(78)67-64-61-58-55-52-49-47-45-42-33-31-29-26-23-20-17-14-11-8-2/h19-20,22-23,28-31,34-35,37-38,42,45,49,52,62,65,71-72H,7-18,21,24-27,32-33,36,39-41,43-44,46-48,50-51,53-61,63-64,66-70H2,1-6H3,(H-,75,77,79,80)/p+1/b22-19-,23-20-,30-28-,31-29-,35-34-,38-37-,45-42-,52-49-,65-62-. The Labute approximate surface area is 519 Å². The average molecular weight is 1190 g/mol. The van der Waals surface area contributed by atoms with Crippen molar-refractivity contribution < 1.29 is 37.3 Å². The molecule has 0 spiro atoms. The van der Waals surface area contributed by atoms with E-state index in [2.05, 4.69) is 123 Å². The fourth-order valence-electron chi connectivity index (χ4n) is 9.55. The first kappa shape index (κ1) is 80.7. The van der Waals surface area contributed by atoms with Crippen molar-refractivity contribution in [1.29, 1.82) is 0 Å². The van der Waals surface area contributed by atoms with Crippen LogP contribution in [0.3, 0.4) is 0 Å². The maximum atomic E-state index is 13.6. The van der Waals surface area contributed by atoms with Crippen molar-refractivity contribution in [2.45, 2.75) is 309 Å². The van der Waals surface area contributed by atoms with E-state index in [1.54, 1.807) is 0 Å². The molecule has 0 aliphatic carbocycles. The number of phosphoric ester groups is 1. The van der Waals surface area contributed by atoms with Crippen molar-refractivity contribution in [3.8, 4) is 0 Å². The Morgan fingerprint density at radius 2 is 0.726 bits per heavy atom. The molecule has 0 radical (unpaired) electrons. The number of phosphoric acid groups is 1. The second-order valence-corrected chi connectivity index (χ2v) is 25.8. The Morgan fingerprint density at radius 3 is 1.12 bits per heavy atom. The number of nitrogens with zero attached hydrogens (tertiary/aromatic N) is 1. The van der Waals surface area contributed by atoms with Crippen molar-refractivity contribution >= 4 is 19.7 Å². The van der Waals surface area contributed by atoms with Gasteiger partial charge in [-0.05, 0) is 122 Å². The lowest BCUT2D eigenvalue weighted by Crippen LogP contribution is -2.47. The highest BCUT2D eigenvalue weighted by molar-refractivity contribution is 7.47. The average Bonchev–Trinajstić information content (AvgIpc) is 3.64. The third-order valence-electron chi connectivity index (χ3n) is 14.9. The smallest absolute Gasteiger partial charge is 0.456 e. The predicted molar refractivity (Wildman–Crippen MR) is 364 cm³/mol. The van der Waals surface area contributed by atoms with Crippen LogP contribution in [-0.4, -0.2) is 74.3 Å². The molecule has 0 aliphatic heterocycles. The zero-order valence-electron chi connectivity index (χ0n) is 55.4. The molecule has 0 aromatic rings. The Kier molecular flexibility index (Phi) is 60.2. The summed E-state index contributed by atoms with van der Waals surface area (Å²) in [6, 6.07) is -0.871. The first-order valence-electron chi connectivity index (χ1n) is 34.7. The van der Waals surface area contributed by atoms with Gasteiger partial charge in [-0.25, -0.2) is 4.57 Å². The Hall–Kier alpha value is -3.33. The number of rotatable bonds is 62. The van der Waals surface area contributed by atoms with Gasteiger partial charge in [-0.1, -0.05) is 272 Å². The summed E-state index contributed by atoms with van der Waals surface area (Å²) >= 11 is 0. The van der Waals surface area contributed by atoms with E-state index in [0.717, 1.165) is 103 Å². The van der Waals surface area contributed by atoms with Gasteiger partial charge in [0.15, 0.2) is 0 Å². The molecule has 0 rings (SSSR count). The summed E-state index contributed by atoms with van der Waals surface area (Å²) in [5.41, 5.74) is 0. The lowest BCUT2D eigenvalue weighted by atomic mass is 10.0. The van der Waals surface area contributed by atoms with Gasteiger partial charge < -0.3 is 19.4 Å². The van der Waals surface area contributed by atoms with E-state index >= 15 is 0 Å². The molecule has 2 N–H and O–H groups in total. The fraction of sp³-hybridized carbons (Fsp3) is 0.730. The highest BCUT2D eigenvalue weighted by Crippen LogP contribution is 2.43. The lowest BCUT2D eigenvalue weighted by Gasteiger charge is -2.27. The molecule has 84 heavy (non-hydrogen) atoms. The number of amides is 1. The molecule has 0 saturated carbocycles. The van der Waals surface area contributed by atoms with Crippen LogP contribution in [0.15, 0.2) is 109 Å². The van der Waals surface area contributed by atoms with E-state index in [1.165, 1.54) is 154 Å². The molecule has 0 aromatic heterocycles. The van der Waals surface area contributed by atoms with Crippen LogP contribution in [0.1, 0.15) is 297 Å². The molecule has 0 bridgehead atoms. The summed E-state index contributed by atoms with van der Waals surface area (Å²) in [5, 5.41) is 3.06. The van der Waals surface area contributed by atoms with E-state index in [9.17, 15) is 19.0 Å². The molecule has 9 nitrogen and oxygen atoms in total. The number of hydrogen-bond donors (Lipinski definition) is 2. The molecular weight excluding hydrogens is 1060 g/mol. The normalized spacial score (nSPS) is 14.2. The third-order valence-corrected chi connectivity index (χ3v) is 15.9. The molecule has 0 aliphatic rings. The van der Waals surface area contributed by atoms with Gasteiger partial charge in [0.05, 0.1) is 33.8 Å². The fourth-order valence-corrected chi connectivity index (χ4v) is 10.3. The van der Waals surface area contributed by atoms with E-state index in [0.29, 0.717) is 23.9 Å². The number of carbonyl (C=O) groups is 2. The maximum Gasteiger partial charge on any atom is 0.472 e. The summed E-state index contributed by atoms with van der Waals surface area (Å²) in [6.07, 6.45) is 86.6. The number of esters is 1. The summed E-state index contributed by atoms with van der Waals surface area (Å²) in [5.74, 6) is -0.545. The zero-order valence-corrected chi connectivity index (χ0v) is 56.3. The minimum absolute atomic E-state index is 0.0295. The molecule has 1 amide bonds. The monoisotopic (exact) mass is 1190 g/mol. The van der Waals surface area contributed by atoms with Crippen LogP contribution in [-0.2, 0) is 27.9 Å². The van der Waals surface area contributed by atoms with E-state index in [-0.39, 0.29) is 31.5 Å². The SMILES string of the molecule is CCCCC/C=C\C/C=C\C/C=C\C/C=C\CCCCCCCCCCCCCC(=O)NC(COP(=O)(O)OCC[N+](C)(C)C)C(/C=C\CCCCCCCCCCCC)OC(=O)CCCCC/C=C\C/C=C\C/C=C\C/C=C\CCCCC. The van der Waals surface area contributed by atoms with Crippen LogP contribution < -0.4 is 5.32 Å².